The van der Waals surface area contributed by atoms with E-state index in [-0.39, 0.29) is 60.0 Å². The maximum atomic E-state index is 14.1. The maximum Gasteiger partial charge on any atom is 0.338 e. The van der Waals surface area contributed by atoms with Gasteiger partial charge < -0.3 is 85.8 Å². The first kappa shape index (κ1) is 78.1. The second-order valence-electron chi connectivity index (χ2n) is 28.6. The van der Waals surface area contributed by atoms with E-state index in [1.54, 1.807) is 0 Å². The fourth-order valence-electron chi connectivity index (χ4n) is 13.2. The molecule has 2 aliphatic heterocycles. The smallest absolute Gasteiger partial charge is 0.338 e. The molecule has 97 heavy (non-hydrogen) atoms. The molecule has 11 nitrogen and oxygen atoms in total. The number of rotatable bonds is 40. The van der Waals surface area contributed by atoms with Crippen molar-refractivity contribution in [3.05, 3.63) is 150 Å². The Balaban J connectivity index is 0.00000663. The summed E-state index contributed by atoms with van der Waals surface area (Å²) in [6.07, 6.45) is 38.2. The molecule has 0 saturated carbocycles. The first-order valence-electron chi connectivity index (χ1n) is 36.4. The number of carbonyl (C=O) groups is 1. The molecule has 4 aromatic carbocycles. The zero-order valence-electron chi connectivity index (χ0n) is 60.0. The highest BCUT2D eigenvalue weighted by atomic mass is 127. The van der Waals surface area contributed by atoms with Gasteiger partial charge in [-0.1, -0.05) is 204 Å². The highest BCUT2D eigenvalue weighted by molar-refractivity contribution is 6.01. The van der Waals surface area contributed by atoms with E-state index >= 15 is 0 Å². The molecule has 0 atom stereocenters. The molecule has 2 aliphatic rings. The van der Waals surface area contributed by atoms with Crippen LogP contribution in [0.5, 0.6) is 17.2 Å². The molecule has 522 valence electrons. The van der Waals surface area contributed by atoms with Crippen LogP contribution in [-0.4, -0.2) is 116 Å². The van der Waals surface area contributed by atoms with Gasteiger partial charge in [-0.2, -0.15) is 0 Å². The lowest BCUT2D eigenvalue weighted by Crippen LogP contribution is -3.00. The quantitative estimate of drug-likeness (QED) is 0.0170. The molecule has 2 N–H and O–H groups in total. The number of halogens is 2. The third kappa shape index (κ3) is 24.3. The van der Waals surface area contributed by atoms with E-state index in [1.807, 2.05) is 24.3 Å². The van der Waals surface area contributed by atoms with E-state index in [2.05, 4.69) is 194 Å². The van der Waals surface area contributed by atoms with Crippen LogP contribution in [0.25, 0.3) is 90.9 Å². The summed E-state index contributed by atoms with van der Waals surface area (Å²) in [7, 11) is 12.8. The van der Waals surface area contributed by atoms with Gasteiger partial charge >= 0.3 is 5.97 Å². The number of carbonyl (C=O) groups excluding carboxylic acids is 1. The second kappa shape index (κ2) is 40.1. The first-order chi connectivity index (χ1) is 46.2. The number of nitrogens with one attached hydrogen (secondary N) is 2. The van der Waals surface area contributed by atoms with Gasteiger partial charge in [-0.25, -0.2) is 14.8 Å². The average molecular weight is 1540 g/mol. The summed E-state index contributed by atoms with van der Waals surface area (Å²) >= 11 is 0. The highest BCUT2D eigenvalue weighted by Crippen LogP contribution is 2.40. The van der Waals surface area contributed by atoms with Gasteiger partial charge in [-0.15, -0.1) is 0 Å². The molecule has 8 bridgehead atoms. The number of unbranched alkanes of at least 4 members (excludes halogenated alkanes) is 21. The molecule has 5 heterocycles. The summed E-state index contributed by atoms with van der Waals surface area (Å²) in [4.78, 5) is 33.3. The molecule has 0 aliphatic carbocycles. The molecule has 0 amide bonds. The van der Waals surface area contributed by atoms with Crippen molar-refractivity contribution >= 4 is 52.3 Å². The van der Waals surface area contributed by atoms with Crippen molar-refractivity contribution in [3.8, 4) is 61.8 Å². The van der Waals surface area contributed by atoms with Crippen LogP contribution < -0.4 is 62.2 Å². The van der Waals surface area contributed by atoms with E-state index < -0.39 is 0 Å². The minimum Gasteiger partial charge on any atom is -1.00 e. The van der Waals surface area contributed by atoms with Crippen LogP contribution in [0.15, 0.2) is 121 Å². The number of H-pyrrole nitrogens is 2. The number of likely N-dealkylation sites (N-methyl/N-ethyl adjacent to an activating group) is 2. The van der Waals surface area contributed by atoms with Crippen molar-refractivity contribution in [2.45, 2.75) is 181 Å². The van der Waals surface area contributed by atoms with Gasteiger partial charge in [0, 0.05) is 44.3 Å². The van der Waals surface area contributed by atoms with Crippen molar-refractivity contribution in [2.75, 3.05) is 75.2 Å². The van der Waals surface area contributed by atoms with Crippen molar-refractivity contribution in [1.82, 2.24) is 19.9 Å². The van der Waals surface area contributed by atoms with E-state index in [1.165, 1.54) is 128 Å². The number of aromatic amines is 2. The number of quaternary nitrogens is 2. The van der Waals surface area contributed by atoms with Gasteiger partial charge in [-0.3, -0.25) is 0 Å². The molecule has 0 unspecified atom stereocenters. The maximum absolute atomic E-state index is 14.1. The molecule has 0 spiro atoms. The standard InChI is InChI=1S/C84H111N6O5.2HI/c1-10-13-16-19-22-25-28-31-57-92-68-45-41-64(42-46-68)81-74-50-49-72(85-74)80(63-37-39-66(40-38-63)84(91)95-71(61-89(4,5)6)62-90(7,8)9)73-53-55-78(87-73)83(67-35-34-36-70(60-67)94-59-33-30-27-24-21-18-15-12-3)79-56-54-77(88-79)82(76-52-51-75(81)86-76)65-43-47-69(48-44-65)93-58-32-29-26-23-20-17-14-11-2;;/h34-56,60,71H,10-33,57-59,61-62H2,1-9H3,(H-,85,86,87,88,91);2*1H/q+1;;/p-1. The number of fused-ring (bicyclic) bond motifs is 8. The third-order valence-corrected chi connectivity index (χ3v) is 18.1. The Morgan fingerprint density at radius 1 is 0.371 bits per heavy atom. The van der Waals surface area contributed by atoms with Crippen molar-refractivity contribution in [2.24, 2.45) is 0 Å². The summed E-state index contributed by atoms with van der Waals surface area (Å²) in [5.41, 5.74) is 15.0. The van der Waals surface area contributed by atoms with Crippen LogP contribution in [0, 0.1) is 0 Å². The lowest BCUT2D eigenvalue weighted by atomic mass is 10.0. The summed E-state index contributed by atoms with van der Waals surface area (Å²) in [5, 5.41) is 0. The van der Waals surface area contributed by atoms with Crippen molar-refractivity contribution in [1.29, 1.82) is 0 Å². The predicted octanol–water partition coefficient (Wildman–Crippen LogP) is 15.8. The van der Waals surface area contributed by atoms with Crippen molar-refractivity contribution in [3.63, 3.8) is 0 Å². The molecular formula is C84H112I2N6O5. The van der Waals surface area contributed by atoms with E-state index in [0.29, 0.717) is 47.4 Å². The van der Waals surface area contributed by atoms with Gasteiger partial charge in [0.05, 0.1) is 90.4 Å². The predicted molar refractivity (Wildman–Crippen MR) is 400 cm³/mol. The molecule has 3 aromatic heterocycles. The fourth-order valence-corrected chi connectivity index (χ4v) is 13.2. The van der Waals surface area contributed by atoms with Crippen LogP contribution in [0.1, 0.15) is 208 Å². The van der Waals surface area contributed by atoms with E-state index in [4.69, 9.17) is 28.9 Å². The van der Waals surface area contributed by atoms with Crippen LogP contribution in [0.3, 0.4) is 0 Å². The number of nitrogens with zero attached hydrogens (tertiary/aromatic N) is 4. The van der Waals surface area contributed by atoms with Gasteiger partial charge in [-0.05, 0) is 139 Å². The molecule has 0 radical (unpaired) electrons. The lowest BCUT2D eigenvalue weighted by Gasteiger charge is -2.33. The highest BCUT2D eigenvalue weighted by Gasteiger charge is 2.29. The Morgan fingerprint density at radius 2 is 0.701 bits per heavy atom. The summed E-state index contributed by atoms with van der Waals surface area (Å²) in [5.74, 6) is 2.21. The number of hydrogen-bond donors (Lipinski definition) is 2. The zero-order chi connectivity index (χ0) is 66.8. The fraction of sp³-hybridized carbons (Fsp3) is 0.464. The second-order valence-corrected chi connectivity index (χ2v) is 28.6. The van der Waals surface area contributed by atoms with Crippen LogP contribution in [0.2, 0.25) is 0 Å². The first-order valence-corrected chi connectivity index (χ1v) is 36.4. The van der Waals surface area contributed by atoms with Gasteiger partial charge in [0.15, 0.2) is 6.10 Å². The van der Waals surface area contributed by atoms with Gasteiger partial charge in [0.1, 0.15) is 30.3 Å². The van der Waals surface area contributed by atoms with E-state index in [9.17, 15) is 4.79 Å². The Morgan fingerprint density at radius 3 is 1.08 bits per heavy atom. The topological polar surface area (TPSA) is 111 Å². The number of esters is 1. The van der Waals surface area contributed by atoms with Crippen LogP contribution in [0.4, 0.5) is 0 Å². The van der Waals surface area contributed by atoms with Crippen LogP contribution in [-0.2, 0) is 4.74 Å². The third-order valence-electron chi connectivity index (χ3n) is 18.1. The Labute approximate surface area is 615 Å². The number of aromatic nitrogens is 4. The minimum absolute atomic E-state index is 0. The molecule has 13 heteroatoms. The Hall–Kier alpha value is -6.27. The number of ether oxygens (including phenoxy) is 4. The molecular weight excluding hydrogens is 1430 g/mol. The monoisotopic (exact) mass is 1540 g/mol. The number of hydrogen-bond acceptors (Lipinski definition) is 7. The van der Waals surface area contributed by atoms with Gasteiger partial charge in [0.25, 0.3) is 0 Å². The Kier molecular flexibility index (Phi) is 32.3. The number of benzene rings is 4. The summed E-state index contributed by atoms with van der Waals surface area (Å²) < 4.78 is 27.0. The molecule has 0 saturated heterocycles. The largest absolute Gasteiger partial charge is 1.00 e. The Bertz CT molecular complexity index is 3750. The minimum atomic E-state index is -0.336. The lowest BCUT2D eigenvalue weighted by molar-refractivity contribution is -0.895. The SMILES string of the molecule is CCCCCCCCCCOc1ccc(-c2c3nc(c(-c4ccc(OCCCCCCCCCC)cc4)c4ccc([nH]4)c(-c4cccc(OCCCCCCCCCC)c4)c4ccc([nH]4)c(-c4ccc(C(=O)OC(C[N+](C)(C)C)C[N+](C)(C)C)cc4)c4nc2C=C4)C=C3)cc1.[I-].[I-]. The summed E-state index contributed by atoms with van der Waals surface area (Å²) in [6, 6.07) is 42.1. The molecule has 0 fully saturated rings. The van der Waals surface area contributed by atoms with Gasteiger partial charge in [0.2, 0.25) is 0 Å². The summed E-state index contributed by atoms with van der Waals surface area (Å²) in [6.45, 7) is 10.3. The zero-order valence-corrected chi connectivity index (χ0v) is 64.3. The van der Waals surface area contributed by atoms with Crippen molar-refractivity contribution < 1.29 is 80.7 Å². The molecule has 9 rings (SSSR count). The van der Waals surface area contributed by atoms with Crippen LogP contribution >= 0.6 is 0 Å². The van der Waals surface area contributed by atoms with E-state index in [0.717, 1.165) is 132 Å². The normalized spacial score (nSPS) is 12.0. The molecule has 7 aromatic rings. The average Bonchev–Trinajstić information content (AvgIpc) is 1.63.